The highest BCUT2D eigenvalue weighted by Gasteiger charge is 2.25. The first-order valence-electron chi connectivity index (χ1n) is 8.29. The van der Waals surface area contributed by atoms with E-state index in [0.717, 1.165) is 0 Å². The third kappa shape index (κ3) is 4.29. The van der Waals surface area contributed by atoms with Gasteiger partial charge in [0.25, 0.3) is 5.91 Å². The van der Waals surface area contributed by atoms with Gasteiger partial charge in [-0.05, 0) is 31.0 Å². The quantitative estimate of drug-likeness (QED) is 0.855. The summed E-state index contributed by atoms with van der Waals surface area (Å²) in [7, 11) is 1.55. The summed E-state index contributed by atoms with van der Waals surface area (Å²) in [4.78, 5) is 26.2. The Kier molecular flexibility index (Phi) is 5.68. The van der Waals surface area contributed by atoms with Crippen molar-refractivity contribution in [1.29, 1.82) is 0 Å². The number of anilines is 1. The SMILES string of the molecule is COc1ccc(NC(=O)NC2CCN(C(=O)c3ccoc3)CC2)c(Cl)c1. The van der Waals surface area contributed by atoms with Crippen molar-refractivity contribution in [1.82, 2.24) is 10.2 Å². The Hall–Kier alpha value is -2.67. The molecule has 3 rings (SSSR count). The Morgan fingerprint density at radius 2 is 2.04 bits per heavy atom. The molecule has 3 amide bonds. The van der Waals surface area contributed by atoms with Gasteiger partial charge >= 0.3 is 6.03 Å². The molecular formula is C18H20ClN3O4. The monoisotopic (exact) mass is 377 g/mol. The van der Waals surface area contributed by atoms with Gasteiger partial charge in [0.1, 0.15) is 12.0 Å². The maximum Gasteiger partial charge on any atom is 0.319 e. The number of methoxy groups -OCH3 is 1. The number of hydrogen-bond donors (Lipinski definition) is 2. The van der Waals surface area contributed by atoms with Gasteiger partial charge in [-0.1, -0.05) is 11.6 Å². The molecule has 2 heterocycles. The van der Waals surface area contributed by atoms with Crippen LogP contribution in [0.3, 0.4) is 0 Å². The number of piperidine rings is 1. The molecule has 0 unspecified atom stereocenters. The molecule has 0 bridgehead atoms. The summed E-state index contributed by atoms with van der Waals surface area (Å²) in [6.07, 6.45) is 4.30. The number of nitrogens with zero attached hydrogens (tertiary/aromatic N) is 1. The summed E-state index contributed by atoms with van der Waals surface area (Å²) >= 11 is 6.12. The molecule has 0 atom stereocenters. The average Bonchev–Trinajstić information content (AvgIpc) is 3.18. The zero-order valence-electron chi connectivity index (χ0n) is 14.3. The van der Waals surface area contributed by atoms with Gasteiger partial charge in [-0.15, -0.1) is 0 Å². The molecule has 26 heavy (non-hydrogen) atoms. The lowest BCUT2D eigenvalue weighted by Gasteiger charge is -2.32. The molecule has 1 aliphatic heterocycles. The lowest BCUT2D eigenvalue weighted by molar-refractivity contribution is 0.0708. The summed E-state index contributed by atoms with van der Waals surface area (Å²) in [6, 6.07) is 6.38. The highest BCUT2D eigenvalue weighted by Crippen LogP contribution is 2.26. The zero-order chi connectivity index (χ0) is 18.5. The number of ether oxygens (including phenoxy) is 1. The molecular weight excluding hydrogens is 358 g/mol. The maximum absolute atomic E-state index is 12.3. The van der Waals surface area contributed by atoms with Crippen molar-refractivity contribution in [3.8, 4) is 5.75 Å². The van der Waals surface area contributed by atoms with Crippen LogP contribution in [0.2, 0.25) is 5.02 Å². The van der Waals surface area contributed by atoms with Gasteiger partial charge in [-0.3, -0.25) is 4.79 Å². The van der Waals surface area contributed by atoms with Gasteiger partial charge in [0.05, 0.1) is 29.6 Å². The van der Waals surface area contributed by atoms with Crippen molar-refractivity contribution in [2.24, 2.45) is 0 Å². The molecule has 0 aliphatic carbocycles. The maximum atomic E-state index is 12.3. The topological polar surface area (TPSA) is 83.8 Å². The number of hydrogen-bond acceptors (Lipinski definition) is 4. The van der Waals surface area contributed by atoms with Crippen molar-refractivity contribution in [3.05, 3.63) is 47.4 Å². The molecule has 138 valence electrons. The van der Waals surface area contributed by atoms with E-state index < -0.39 is 0 Å². The number of carbonyl (C=O) groups excluding carboxylic acids is 2. The van der Waals surface area contributed by atoms with E-state index in [-0.39, 0.29) is 18.0 Å². The van der Waals surface area contributed by atoms with Crippen LogP contribution in [0.15, 0.2) is 41.2 Å². The fraction of sp³-hybridized carbons (Fsp3) is 0.333. The number of rotatable bonds is 4. The summed E-state index contributed by atoms with van der Waals surface area (Å²) in [5, 5.41) is 6.06. The number of nitrogens with one attached hydrogen (secondary N) is 2. The average molecular weight is 378 g/mol. The molecule has 8 heteroatoms. The summed E-state index contributed by atoms with van der Waals surface area (Å²) < 4.78 is 10.0. The first-order chi connectivity index (χ1) is 12.6. The molecule has 0 radical (unpaired) electrons. The smallest absolute Gasteiger partial charge is 0.319 e. The molecule has 7 nitrogen and oxygen atoms in total. The Balaban J connectivity index is 1.48. The fourth-order valence-electron chi connectivity index (χ4n) is 2.86. The second-order valence-corrected chi connectivity index (χ2v) is 6.43. The van der Waals surface area contributed by atoms with E-state index in [1.165, 1.54) is 12.5 Å². The molecule has 2 N–H and O–H groups in total. The van der Waals surface area contributed by atoms with E-state index in [4.69, 9.17) is 20.8 Å². The predicted octanol–water partition coefficient (Wildman–Crippen LogP) is 3.37. The van der Waals surface area contributed by atoms with Crippen LogP contribution in [-0.2, 0) is 0 Å². The molecule has 2 aromatic rings. The molecule has 1 aliphatic rings. The Bertz CT molecular complexity index is 771. The van der Waals surface area contributed by atoms with Gasteiger partial charge in [0.15, 0.2) is 0 Å². The predicted molar refractivity (Wildman–Crippen MR) is 97.8 cm³/mol. The molecule has 0 saturated carbocycles. The number of likely N-dealkylation sites (tertiary alicyclic amines) is 1. The highest BCUT2D eigenvalue weighted by molar-refractivity contribution is 6.33. The molecule has 1 saturated heterocycles. The van der Waals surface area contributed by atoms with Crippen LogP contribution in [0.5, 0.6) is 5.75 Å². The largest absolute Gasteiger partial charge is 0.497 e. The van der Waals surface area contributed by atoms with Crippen molar-refractivity contribution in [3.63, 3.8) is 0 Å². The lowest BCUT2D eigenvalue weighted by Crippen LogP contribution is -2.47. The Labute approximate surface area is 156 Å². The van der Waals surface area contributed by atoms with Crippen molar-refractivity contribution in [2.45, 2.75) is 18.9 Å². The van der Waals surface area contributed by atoms with Crippen LogP contribution in [0.1, 0.15) is 23.2 Å². The van der Waals surface area contributed by atoms with E-state index in [1.54, 1.807) is 36.3 Å². The van der Waals surface area contributed by atoms with Crippen molar-refractivity contribution < 1.29 is 18.7 Å². The summed E-state index contributed by atoms with van der Waals surface area (Å²) in [5.41, 5.74) is 1.06. The van der Waals surface area contributed by atoms with E-state index in [2.05, 4.69) is 10.6 Å². The standard InChI is InChI=1S/C18H20ClN3O4/c1-25-14-2-3-16(15(19)10-14)21-18(24)20-13-4-7-22(8-5-13)17(23)12-6-9-26-11-12/h2-3,6,9-11,13H,4-5,7-8H2,1H3,(H2,20,21,24). The van der Waals surface area contributed by atoms with Gasteiger partial charge in [-0.25, -0.2) is 4.79 Å². The number of carbonyl (C=O) groups is 2. The van der Waals surface area contributed by atoms with E-state index in [9.17, 15) is 9.59 Å². The van der Waals surface area contributed by atoms with Gasteiger partial charge in [0, 0.05) is 25.2 Å². The number of urea groups is 1. The zero-order valence-corrected chi connectivity index (χ0v) is 15.1. The number of benzene rings is 1. The molecule has 1 aromatic carbocycles. The van der Waals surface area contributed by atoms with Crippen LogP contribution in [0, 0.1) is 0 Å². The minimum atomic E-state index is -0.323. The van der Waals surface area contributed by atoms with E-state index in [0.29, 0.717) is 48.0 Å². The summed E-state index contributed by atoms with van der Waals surface area (Å²) in [6.45, 7) is 1.16. The van der Waals surface area contributed by atoms with Gasteiger partial charge in [0.2, 0.25) is 0 Å². The second kappa shape index (κ2) is 8.14. The van der Waals surface area contributed by atoms with E-state index >= 15 is 0 Å². The first kappa shape index (κ1) is 18.1. The number of amides is 3. The fourth-order valence-corrected chi connectivity index (χ4v) is 3.08. The molecule has 1 fully saturated rings. The highest BCUT2D eigenvalue weighted by atomic mass is 35.5. The van der Waals surface area contributed by atoms with Crippen LogP contribution >= 0.6 is 11.6 Å². The molecule has 0 spiro atoms. The minimum Gasteiger partial charge on any atom is -0.497 e. The van der Waals surface area contributed by atoms with Crippen LogP contribution in [-0.4, -0.2) is 43.1 Å². The Morgan fingerprint density at radius 1 is 1.27 bits per heavy atom. The first-order valence-corrected chi connectivity index (χ1v) is 8.67. The normalized spacial score (nSPS) is 14.8. The van der Waals surface area contributed by atoms with E-state index in [1.807, 2.05) is 0 Å². The van der Waals surface area contributed by atoms with Crippen LogP contribution in [0.4, 0.5) is 10.5 Å². The summed E-state index contributed by atoms with van der Waals surface area (Å²) in [5.74, 6) is 0.572. The Morgan fingerprint density at radius 3 is 2.65 bits per heavy atom. The molecule has 1 aromatic heterocycles. The lowest BCUT2D eigenvalue weighted by atomic mass is 10.0. The van der Waals surface area contributed by atoms with Crippen molar-refractivity contribution >= 4 is 29.2 Å². The minimum absolute atomic E-state index is 0.000392. The third-order valence-electron chi connectivity index (χ3n) is 4.31. The van der Waals surface area contributed by atoms with Crippen molar-refractivity contribution in [2.75, 3.05) is 25.5 Å². The van der Waals surface area contributed by atoms with Crippen LogP contribution in [0.25, 0.3) is 0 Å². The van der Waals surface area contributed by atoms with Gasteiger partial charge in [-0.2, -0.15) is 0 Å². The number of halogens is 1. The van der Waals surface area contributed by atoms with Crippen LogP contribution < -0.4 is 15.4 Å². The second-order valence-electron chi connectivity index (χ2n) is 6.02. The third-order valence-corrected chi connectivity index (χ3v) is 4.62. The number of furan rings is 1. The van der Waals surface area contributed by atoms with Gasteiger partial charge < -0.3 is 24.7 Å².